The number of esters is 1. The van der Waals surface area contributed by atoms with E-state index in [2.05, 4.69) is 6.92 Å². The van der Waals surface area contributed by atoms with Crippen LogP contribution in [-0.4, -0.2) is 48.1 Å². The molecule has 0 radical (unpaired) electrons. The molecule has 1 N–H and O–H groups in total. The molecule has 172 valence electrons. The van der Waals surface area contributed by atoms with Crippen molar-refractivity contribution in [1.29, 1.82) is 0 Å². The number of ether oxygens (including phenoxy) is 4. The normalized spacial score (nSPS) is 23.1. The van der Waals surface area contributed by atoms with Gasteiger partial charge in [-0.05, 0) is 20.3 Å². The van der Waals surface area contributed by atoms with Crippen molar-refractivity contribution in [3.8, 4) is 0 Å². The van der Waals surface area contributed by atoms with Crippen molar-refractivity contribution >= 4 is 11.8 Å². The average molecular weight is 427 g/mol. The van der Waals surface area contributed by atoms with E-state index in [-0.39, 0.29) is 24.8 Å². The molecule has 0 aromatic heterocycles. The zero-order valence-electron chi connectivity index (χ0n) is 18.7. The topological polar surface area (TPSA) is 91.3 Å². The van der Waals surface area contributed by atoms with Gasteiger partial charge in [0, 0.05) is 6.42 Å². The summed E-state index contributed by atoms with van der Waals surface area (Å²) in [7, 11) is 0. The fourth-order valence-electron chi connectivity index (χ4n) is 3.76. The molecule has 2 aliphatic rings. The highest BCUT2D eigenvalue weighted by atomic mass is 16.8. The van der Waals surface area contributed by atoms with Gasteiger partial charge >= 0.3 is 5.97 Å². The molecule has 2 aliphatic heterocycles. The summed E-state index contributed by atoms with van der Waals surface area (Å²) >= 11 is 0. The van der Waals surface area contributed by atoms with Crippen LogP contribution in [0.2, 0.25) is 0 Å². The van der Waals surface area contributed by atoms with Crippen molar-refractivity contribution in [2.24, 2.45) is 0 Å². The highest BCUT2D eigenvalue weighted by Crippen LogP contribution is 2.33. The summed E-state index contributed by atoms with van der Waals surface area (Å²) in [6, 6.07) is 0. The maximum absolute atomic E-state index is 12.1. The van der Waals surface area contributed by atoms with E-state index in [0.29, 0.717) is 6.42 Å². The molecular formula is C23H38O7. The van der Waals surface area contributed by atoms with Crippen LogP contribution in [0.1, 0.15) is 91.4 Å². The van der Waals surface area contributed by atoms with Gasteiger partial charge in [-0.1, -0.05) is 64.7 Å². The molecule has 30 heavy (non-hydrogen) atoms. The van der Waals surface area contributed by atoms with E-state index in [1.54, 1.807) is 13.8 Å². The molecule has 1 saturated heterocycles. The SMILES string of the molecule is CCCCCCCCCCCCC(=O)COC1=C(O)C(=O)O[C@@H]1[C@@H]1COC(C)(C)O1. The molecule has 0 aliphatic carbocycles. The molecule has 2 atom stereocenters. The summed E-state index contributed by atoms with van der Waals surface area (Å²) in [5, 5.41) is 9.97. The molecule has 0 unspecified atom stereocenters. The quantitative estimate of drug-likeness (QED) is 0.299. The van der Waals surface area contributed by atoms with E-state index >= 15 is 0 Å². The number of cyclic esters (lactones) is 1. The maximum atomic E-state index is 12.1. The fraction of sp³-hybridized carbons (Fsp3) is 0.826. The first-order valence-electron chi connectivity index (χ1n) is 11.4. The Kier molecular flexibility index (Phi) is 10.1. The van der Waals surface area contributed by atoms with Crippen molar-refractivity contribution in [3.63, 3.8) is 0 Å². The highest BCUT2D eigenvalue weighted by Gasteiger charge is 2.47. The molecular weight excluding hydrogens is 388 g/mol. The molecule has 0 aromatic carbocycles. The lowest BCUT2D eigenvalue weighted by Crippen LogP contribution is -2.33. The van der Waals surface area contributed by atoms with E-state index in [4.69, 9.17) is 18.9 Å². The van der Waals surface area contributed by atoms with Gasteiger partial charge in [-0.3, -0.25) is 4.79 Å². The van der Waals surface area contributed by atoms with Gasteiger partial charge < -0.3 is 24.1 Å². The van der Waals surface area contributed by atoms with Crippen LogP contribution in [0.5, 0.6) is 0 Å². The number of hydrogen-bond acceptors (Lipinski definition) is 7. The van der Waals surface area contributed by atoms with E-state index in [9.17, 15) is 14.7 Å². The van der Waals surface area contributed by atoms with Gasteiger partial charge in [0.15, 0.2) is 23.4 Å². The summed E-state index contributed by atoms with van der Waals surface area (Å²) in [6.07, 6.45) is 11.0. The molecule has 0 saturated carbocycles. The van der Waals surface area contributed by atoms with Crippen LogP contribution in [0.25, 0.3) is 0 Å². The molecule has 0 aromatic rings. The summed E-state index contributed by atoms with van der Waals surface area (Å²) in [6.45, 7) is 5.75. The summed E-state index contributed by atoms with van der Waals surface area (Å²) in [5.41, 5.74) is 0. The molecule has 0 bridgehead atoms. The zero-order valence-corrected chi connectivity index (χ0v) is 18.7. The summed E-state index contributed by atoms with van der Waals surface area (Å²) in [4.78, 5) is 23.9. The van der Waals surface area contributed by atoms with Crippen molar-refractivity contribution < 1.29 is 33.6 Å². The van der Waals surface area contributed by atoms with Crippen LogP contribution in [0, 0.1) is 0 Å². The Morgan fingerprint density at radius 3 is 2.23 bits per heavy atom. The Bertz CT molecular complexity index is 596. The minimum absolute atomic E-state index is 0.0391. The fourth-order valence-corrected chi connectivity index (χ4v) is 3.76. The second-order valence-corrected chi connectivity index (χ2v) is 8.67. The molecule has 0 spiro atoms. The maximum Gasteiger partial charge on any atom is 0.378 e. The standard InChI is InChI=1S/C23H38O7/c1-4-5-6-7-8-9-10-11-12-13-14-17(24)15-27-21-19(25)22(26)29-20(21)18-16-28-23(2,3)30-18/h18,20,25H,4-16H2,1-3H3/t18-,20+/m0/s1. The smallest absolute Gasteiger partial charge is 0.378 e. The second kappa shape index (κ2) is 12.3. The first-order valence-corrected chi connectivity index (χ1v) is 11.4. The molecule has 2 rings (SSSR count). The number of rotatable bonds is 15. The second-order valence-electron chi connectivity index (χ2n) is 8.67. The van der Waals surface area contributed by atoms with Crippen LogP contribution in [0.3, 0.4) is 0 Å². The third-order valence-corrected chi connectivity index (χ3v) is 5.49. The van der Waals surface area contributed by atoms with Crippen molar-refractivity contribution in [2.45, 2.75) is 109 Å². The van der Waals surface area contributed by atoms with Crippen LogP contribution in [-0.2, 0) is 28.5 Å². The van der Waals surface area contributed by atoms with E-state index in [1.807, 2.05) is 0 Å². The van der Waals surface area contributed by atoms with Gasteiger partial charge in [-0.25, -0.2) is 4.79 Å². The van der Waals surface area contributed by atoms with E-state index < -0.39 is 29.7 Å². The van der Waals surface area contributed by atoms with Crippen LogP contribution < -0.4 is 0 Å². The number of hydrogen-bond donors (Lipinski definition) is 1. The number of carbonyl (C=O) groups is 2. The Balaban J connectivity index is 1.62. The lowest BCUT2D eigenvalue weighted by Gasteiger charge is -2.21. The van der Waals surface area contributed by atoms with Gasteiger partial charge in [0.1, 0.15) is 12.7 Å². The van der Waals surface area contributed by atoms with E-state index in [1.165, 1.54) is 44.9 Å². The highest BCUT2D eigenvalue weighted by molar-refractivity contribution is 5.89. The molecule has 7 nitrogen and oxygen atoms in total. The Labute approximate surface area is 180 Å². The van der Waals surface area contributed by atoms with Gasteiger partial charge in [0.25, 0.3) is 0 Å². The molecule has 2 heterocycles. The lowest BCUT2D eigenvalue weighted by atomic mass is 10.1. The third-order valence-electron chi connectivity index (χ3n) is 5.49. The number of ketones is 1. The van der Waals surface area contributed by atoms with Gasteiger partial charge in [-0.2, -0.15) is 0 Å². The van der Waals surface area contributed by atoms with Gasteiger partial charge in [0.05, 0.1) is 6.61 Å². The first kappa shape index (κ1) is 24.7. The van der Waals surface area contributed by atoms with Gasteiger partial charge in [-0.15, -0.1) is 0 Å². The number of unbranched alkanes of at least 4 members (excludes halogenated alkanes) is 9. The third kappa shape index (κ3) is 7.91. The monoisotopic (exact) mass is 426 g/mol. The Morgan fingerprint density at radius 1 is 1.07 bits per heavy atom. The zero-order chi connectivity index (χ0) is 22.0. The minimum atomic E-state index is -0.899. The van der Waals surface area contributed by atoms with Crippen molar-refractivity contribution in [1.82, 2.24) is 0 Å². The molecule has 1 fully saturated rings. The summed E-state index contributed by atoms with van der Waals surface area (Å²) in [5.74, 6) is -2.36. The Hall–Kier alpha value is -1.60. The molecule has 7 heteroatoms. The largest absolute Gasteiger partial charge is 0.499 e. The lowest BCUT2D eigenvalue weighted by molar-refractivity contribution is -0.163. The van der Waals surface area contributed by atoms with Crippen molar-refractivity contribution in [2.75, 3.05) is 13.2 Å². The first-order chi connectivity index (χ1) is 14.3. The van der Waals surface area contributed by atoms with Crippen molar-refractivity contribution in [3.05, 3.63) is 11.5 Å². The number of aliphatic hydroxyl groups excluding tert-OH is 1. The average Bonchev–Trinajstić information content (AvgIpc) is 3.20. The van der Waals surface area contributed by atoms with Crippen LogP contribution in [0.15, 0.2) is 11.5 Å². The number of carbonyl (C=O) groups excluding carboxylic acids is 2. The number of Topliss-reactive ketones (excluding diaryl/α,β-unsaturated/α-hetero) is 1. The van der Waals surface area contributed by atoms with Crippen LogP contribution in [0.4, 0.5) is 0 Å². The van der Waals surface area contributed by atoms with E-state index in [0.717, 1.165) is 19.3 Å². The summed E-state index contributed by atoms with van der Waals surface area (Å²) < 4.78 is 21.8. The predicted octanol–water partition coefficient (Wildman–Crippen LogP) is 4.73. The predicted molar refractivity (Wildman–Crippen MR) is 112 cm³/mol. The molecule has 0 amide bonds. The Morgan fingerprint density at radius 2 is 1.67 bits per heavy atom. The van der Waals surface area contributed by atoms with Crippen LogP contribution >= 0.6 is 0 Å². The minimum Gasteiger partial charge on any atom is -0.499 e. The number of aliphatic hydroxyl groups is 1. The van der Waals surface area contributed by atoms with Gasteiger partial charge in [0.2, 0.25) is 5.76 Å².